The van der Waals surface area contributed by atoms with E-state index in [2.05, 4.69) is 5.32 Å². The average Bonchev–Trinajstić information content (AvgIpc) is 3.24. The maximum atomic E-state index is 12.4. The van der Waals surface area contributed by atoms with Gasteiger partial charge in [-0.3, -0.25) is 9.59 Å². The summed E-state index contributed by atoms with van der Waals surface area (Å²) in [4.78, 5) is 25.7. The highest BCUT2D eigenvalue weighted by atomic mass is 32.1. The van der Waals surface area contributed by atoms with Crippen LogP contribution < -0.4 is 20.5 Å². The van der Waals surface area contributed by atoms with Crippen molar-refractivity contribution in [3.05, 3.63) is 45.8 Å². The van der Waals surface area contributed by atoms with Crippen LogP contribution in [0.4, 0.5) is 5.00 Å². The van der Waals surface area contributed by atoms with Crippen LogP contribution >= 0.6 is 11.3 Å². The predicted molar refractivity (Wildman–Crippen MR) is 109 cm³/mol. The van der Waals surface area contributed by atoms with Crippen molar-refractivity contribution in [2.45, 2.75) is 38.5 Å². The summed E-state index contributed by atoms with van der Waals surface area (Å²) in [7, 11) is 0. The molecule has 0 unspecified atom stereocenters. The Morgan fingerprint density at radius 1 is 1.07 bits per heavy atom. The van der Waals surface area contributed by atoms with E-state index in [-0.39, 0.29) is 12.7 Å². The quantitative estimate of drug-likeness (QED) is 0.765. The molecule has 0 radical (unpaired) electrons. The molecule has 2 aliphatic rings. The maximum absolute atomic E-state index is 12.4. The fourth-order valence-corrected chi connectivity index (χ4v) is 4.91. The first-order chi connectivity index (χ1) is 13.6. The number of amides is 2. The summed E-state index contributed by atoms with van der Waals surface area (Å²) in [6.45, 7) is 0.210. The Kier molecular flexibility index (Phi) is 5.34. The zero-order chi connectivity index (χ0) is 19.5. The molecular weight excluding hydrogens is 376 g/mol. The summed E-state index contributed by atoms with van der Waals surface area (Å²) in [5.74, 6) is 0.586. The number of primary amides is 1. The van der Waals surface area contributed by atoms with E-state index < -0.39 is 5.91 Å². The van der Waals surface area contributed by atoms with Gasteiger partial charge in [-0.2, -0.15) is 0 Å². The predicted octanol–water partition coefficient (Wildman–Crippen LogP) is 3.89. The second kappa shape index (κ2) is 8.06. The van der Waals surface area contributed by atoms with Gasteiger partial charge in [0.1, 0.15) is 5.00 Å². The van der Waals surface area contributed by atoms with Gasteiger partial charge in [0.05, 0.1) is 5.56 Å². The summed E-state index contributed by atoms with van der Waals surface area (Å²) in [5, 5.41) is 3.40. The number of ether oxygens (including phenoxy) is 2. The standard InChI is InChI=1S/C21H22N2O4S/c22-20(25)19-14-5-3-1-2-4-6-17(14)28-21(19)23-18(24)10-8-13-7-9-15-16(11-13)27-12-26-15/h7-11H,1-6,12H2,(H2,22,25)(H,23,24). The van der Waals surface area contributed by atoms with Gasteiger partial charge in [-0.1, -0.05) is 18.9 Å². The SMILES string of the molecule is NC(=O)c1c(NC(=O)C=Cc2ccc3c(c2)OCO3)sc2c1CCCCCC2. The van der Waals surface area contributed by atoms with Gasteiger partial charge in [-0.05, 0) is 55.0 Å². The Morgan fingerprint density at radius 3 is 2.68 bits per heavy atom. The van der Waals surface area contributed by atoms with Crippen molar-refractivity contribution in [3.8, 4) is 11.5 Å². The van der Waals surface area contributed by atoms with E-state index in [0.717, 1.165) is 43.2 Å². The molecule has 4 rings (SSSR count). The first-order valence-electron chi connectivity index (χ1n) is 9.45. The minimum atomic E-state index is -0.479. The minimum Gasteiger partial charge on any atom is -0.454 e. The third-order valence-corrected chi connectivity index (χ3v) is 6.19. The van der Waals surface area contributed by atoms with Crippen molar-refractivity contribution in [1.82, 2.24) is 0 Å². The first-order valence-corrected chi connectivity index (χ1v) is 10.3. The monoisotopic (exact) mass is 398 g/mol. The van der Waals surface area contributed by atoms with Gasteiger partial charge in [0.2, 0.25) is 12.7 Å². The second-order valence-electron chi connectivity index (χ2n) is 6.92. The Hall–Kier alpha value is -2.80. The number of carbonyl (C=O) groups is 2. The first kappa shape index (κ1) is 18.6. The van der Waals surface area contributed by atoms with Crippen molar-refractivity contribution < 1.29 is 19.1 Å². The molecule has 0 atom stereocenters. The van der Waals surface area contributed by atoms with Crippen LogP contribution in [0.1, 0.15) is 52.0 Å². The van der Waals surface area contributed by atoms with E-state index in [1.807, 2.05) is 18.2 Å². The minimum absolute atomic E-state index is 0.210. The molecule has 1 aliphatic carbocycles. The van der Waals surface area contributed by atoms with Crippen LogP contribution in [-0.2, 0) is 17.6 Å². The molecule has 2 aromatic rings. The van der Waals surface area contributed by atoms with Crippen LogP contribution in [0.25, 0.3) is 6.08 Å². The molecule has 0 bridgehead atoms. The zero-order valence-corrected chi connectivity index (χ0v) is 16.3. The van der Waals surface area contributed by atoms with Crippen LogP contribution in [0.15, 0.2) is 24.3 Å². The number of fused-ring (bicyclic) bond motifs is 2. The molecule has 1 aromatic carbocycles. The van der Waals surface area contributed by atoms with Crippen molar-refractivity contribution in [1.29, 1.82) is 0 Å². The normalized spacial score (nSPS) is 15.7. The van der Waals surface area contributed by atoms with Gasteiger partial charge in [-0.15, -0.1) is 11.3 Å². The Balaban J connectivity index is 1.52. The lowest BCUT2D eigenvalue weighted by Crippen LogP contribution is -2.17. The van der Waals surface area contributed by atoms with Gasteiger partial charge >= 0.3 is 0 Å². The number of anilines is 1. The third-order valence-electron chi connectivity index (χ3n) is 4.98. The molecule has 1 aliphatic heterocycles. The van der Waals surface area contributed by atoms with E-state index in [0.29, 0.717) is 22.1 Å². The third kappa shape index (κ3) is 3.89. The molecule has 28 heavy (non-hydrogen) atoms. The maximum Gasteiger partial charge on any atom is 0.251 e. The smallest absolute Gasteiger partial charge is 0.251 e. The molecule has 7 heteroatoms. The zero-order valence-electron chi connectivity index (χ0n) is 15.5. The largest absolute Gasteiger partial charge is 0.454 e. The number of aryl methyl sites for hydroxylation is 1. The Morgan fingerprint density at radius 2 is 1.86 bits per heavy atom. The summed E-state index contributed by atoms with van der Waals surface area (Å²) < 4.78 is 10.6. The molecule has 3 N–H and O–H groups in total. The van der Waals surface area contributed by atoms with E-state index >= 15 is 0 Å². The molecule has 2 amide bonds. The summed E-state index contributed by atoms with van der Waals surface area (Å²) in [5.41, 5.74) is 7.96. The second-order valence-corrected chi connectivity index (χ2v) is 8.03. The highest BCUT2D eigenvalue weighted by Crippen LogP contribution is 2.37. The molecule has 0 saturated heterocycles. The summed E-state index contributed by atoms with van der Waals surface area (Å²) in [6, 6.07) is 5.48. The molecule has 2 heterocycles. The summed E-state index contributed by atoms with van der Waals surface area (Å²) in [6.07, 6.45) is 9.42. The number of rotatable bonds is 4. The van der Waals surface area contributed by atoms with E-state index in [4.69, 9.17) is 15.2 Å². The lowest BCUT2D eigenvalue weighted by Gasteiger charge is -2.10. The molecular formula is C21H22N2O4S. The topological polar surface area (TPSA) is 90.7 Å². The number of hydrogen-bond donors (Lipinski definition) is 2. The van der Waals surface area contributed by atoms with Gasteiger partial charge in [0, 0.05) is 11.0 Å². The van der Waals surface area contributed by atoms with E-state index in [1.165, 1.54) is 28.7 Å². The lowest BCUT2D eigenvalue weighted by atomic mass is 9.96. The van der Waals surface area contributed by atoms with Crippen LogP contribution in [0.5, 0.6) is 11.5 Å². The van der Waals surface area contributed by atoms with Crippen molar-refractivity contribution in [3.63, 3.8) is 0 Å². The Bertz CT molecular complexity index is 948. The molecule has 1 aromatic heterocycles. The van der Waals surface area contributed by atoms with E-state index in [9.17, 15) is 9.59 Å². The lowest BCUT2D eigenvalue weighted by molar-refractivity contribution is -0.111. The fourth-order valence-electron chi connectivity index (χ4n) is 3.61. The molecule has 0 saturated carbocycles. The van der Waals surface area contributed by atoms with E-state index in [1.54, 1.807) is 6.08 Å². The molecule has 6 nitrogen and oxygen atoms in total. The fraction of sp³-hybridized carbons (Fsp3) is 0.333. The number of carbonyl (C=O) groups excluding carboxylic acids is 2. The highest BCUT2D eigenvalue weighted by molar-refractivity contribution is 7.17. The van der Waals surface area contributed by atoms with Crippen LogP contribution in [0.3, 0.4) is 0 Å². The number of benzene rings is 1. The average molecular weight is 398 g/mol. The Labute approximate surface area is 167 Å². The molecule has 0 spiro atoms. The van der Waals surface area contributed by atoms with Gasteiger partial charge in [-0.25, -0.2) is 0 Å². The molecule has 0 fully saturated rings. The number of hydrogen-bond acceptors (Lipinski definition) is 5. The van der Waals surface area contributed by atoms with Gasteiger partial charge in [0.25, 0.3) is 5.91 Å². The van der Waals surface area contributed by atoms with Crippen molar-refractivity contribution in [2.24, 2.45) is 5.73 Å². The number of thiophene rings is 1. The highest BCUT2D eigenvalue weighted by Gasteiger charge is 2.23. The van der Waals surface area contributed by atoms with Crippen LogP contribution in [0.2, 0.25) is 0 Å². The molecule has 146 valence electrons. The van der Waals surface area contributed by atoms with Crippen LogP contribution in [0, 0.1) is 0 Å². The van der Waals surface area contributed by atoms with Gasteiger partial charge in [0.15, 0.2) is 11.5 Å². The van der Waals surface area contributed by atoms with Crippen molar-refractivity contribution >= 4 is 34.2 Å². The summed E-state index contributed by atoms with van der Waals surface area (Å²) >= 11 is 1.48. The van der Waals surface area contributed by atoms with Crippen molar-refractivity contribution in [2.75, 3.05) is 12.1 Å². The van der Waals surface area contributed by atoms with Crippen LogP contribution in [-0.4, -0.2) is 18.6 Å². The number of nitrogens with two attached hydrogens (primary N) is 1. The van der Waals surface area contributed by atoms with Gasteiger partial charge < -0.3 is 20.5 Å². The number of nitrogens with one attached hydrogen (secondary N) is 1.